The number of hydrogen-bond acceptors (Lipinski definition) is 2. The maximum absolute atomic E-state index is 13.5. The molecule has 15 heavy (non-hydrogen) atoms. The highest BCUT2D eigenvalue weighted by molar-refractivity contribution is 7.99. The Morgan fingerprint density at radius 1 is 1.40 bits per heavy atom. The Morgan fingerprint density at radius 2 is 2.13 bits per heavy atom. The summed E-state index contributed by atoms with van der Waals surface area (Å²) in [4.78, 5) is 0. The van der Waals surface area contributed by atoms with Crippen molar-refractivity contribution in [2.24, 2.45) is 0 Å². The molecule has 0 amide bonds. The van der Waals surface area contributed by atoms with Crippen LogP contribution in [-0.2, 0) is 5.75 Å². The molecule has 1 aliphatic rings. The zero-order valence-electron chi connectivity index (χ0n) is 8.68. The van der Waals surface area contributed by atoms with Crippen LogP contribution >= 0.6 is 11.8 Å². The highest BCUT2D eigenvalue weighted by Gasteiger charge is 2.28. The molecule has 0 radical (unpaired) electrons. The zero-order valence-corrected chi connectivity index (χ0v) is 9.50. The lowest BCUT2D eigenvalue weighted by atomic mass is 9.98. The van der Waals surface area contributed by atoms with Crippen molar-refractivity contribution >= 4 is 11.8 Å². The van der Waals surface area contributed by atoms with Gasteiger partial charge in [0, 0.05) is 22.6 Å². The van der Waals surface area contributed by atoms with E-state index < -0.39 is 11.6 Å². The highest BCUT2D eigenvalue weighted by atomic mass is 32.2. The van der Waals surface area contributed by atoms with Gasteiger partial charge in [-0.2, -0.15) is 11.8 Å². The van der Waals surface area contributed by atoms with E-state index in [-0.39, 0.29) is 6.04 Å². The van der Waals surface area contributed by atoms with Crippen molar-refractivity contribution in [2.75, 3.05) is 7.05 Å². The molecule has 1 N–H and O–H groups in total. The van der Waals surface area contributed by atoms with Gasteiger partial charge in [-0.05, 0) is 18.7 Å². The quantitative estimate of drug-likeness (QED) is 0.794. The zero-order chi connectivity index (χ0) is 11.0. The number of benzene rings is 1. The lowest BCUT2D eigenvalue weighted by molar-refractivity contribution is 0.490. The third kappa shape index (κ3) is 1.76. The molecule has 2 atom stereocenters. The summed E-state index contributed by atoms with van der Waals surface area (Å²) in [5, 5.41) is 3.53. The van der Waals surface area contributed by atoms with E-state index in [2.05, 4.69) is 12.2 Å². The third-order valence-electron chi connectivity index (χ3n) is 2.84. The molecular weight excluding hydrogens is 216 g/mol. The molecule has 82 valence electrons. The molecule has 4 heteroatoms. The smallest absolute Gasteiger partial charge is 0.163 e. The minimum atomic E-state index is -0.751. The van der Waals surface area contributed by atoms with E-state index in [0.717, 1.165) is 5.56 Å². The number of hydrogen-bond donors (Lipinski definition) is 1. The van der Waals surface area contributed by atoms with Crippen molar-refractivity contribution in [3.8, 4) is 0 Å². The van der Waals surface area contributed by atoms with Crippen LogP contribution in [0.5, 0.6) is 0 Å². The number of thioether (sulfide) groups is 1. The molecule has 0 aromatic heterocycles. The largest absolute Gasteiger partial charge is 0.312 e. The molecule has 1 heterocycles. The molecule has 0 aliphatic carbocycles. The first kappa shape index (κ1) is 10.9. The van der Waals surface area contributed by atoms with Crippen LogP contribution in [0, 0.1) is 11.6 Å². The van der Waals surface area contributed by atoms with E-state index in [4.69, 9.17) is 0 Å². The summed E-state index contributed by atoms with van der Waals surface area (Å²) in [5.74, 6) is -0.885. The molecule has 0 fully saturated rings. The second kappa shape index (κ2) is 4.10. The topological polar surface area (TPSA) is 12.0 Å². The van der Waals surface area contributed by atoms with Crippen LogP contribution in [0.2, 0.25) is 0 Å². The SMILES string of the molecule is CNC1c2ccc(F)c(F)c2CSC1C. The Labute approximate surface area is 92.3 Å². The molecule has 2 unspecified atom stereocenters. The molecule has 2 rings (SSSR count). The van der Waals surface area contributed by atoms with Gasteiger partial charge < -0.3 is 5.32 Å². The number of halogens is 2. The summed E-state index contributed by atoms with van der Waals surface area (Å²) in [6, 6.07) is 3.00. The molecule has 1 aliphatic heterocycles. The Morgan fingerprint density at radius 3 is 2.80 bits per heavy atom. The van der Waals surface area contributed by atoms with Crippen molar-refractivity contribution < 1.29 is 8.78 Å². The van der Waals surface area contributed by atoms with Gasteiger partial charge in [0.05, 0.1) is 0 Å². The Hall–Kier alpha value is -0.610. The molecule has 1 nitrogen and oxygen atoms in total. The van der Waals surface area contributed by atoms with Gasteiger partial charge in [0.15, 0.2) is 11.6 Å². The predicted octanol–water partition coefficient (Wildman–Crippen LogP) is 2.86. The Balaban J connectivity index is 2.51. The number of fused-ring (bicyclic) bond motifs is 1. The van der Waals surface area contributed by atoms with Gasteiger partial charge in [-0.15, -0.1) is 0 Å². The number of nitrogens with one attached hydrogen (secondary N) is 1. The van der Waals surface area contributed by atoms with Gasteiger partial charge in [0.25, 0.3) is 0 Å². The molecule has 0 saturated heterocycles. The van der Waals surface area contributed by atoms with E-state index in [1.165, 1.54) is 6.07 Å². The summed E-state index contributed by atoms with van der Waals surface area (Å²) < 4.78 is 26.5. The van der Waals surface area contributed by atoms with Gasteiger partial charge in [0.1, 0.15) is 0 Å². The molecule has 1 aromatic carbocycles. The Kier molecular flexibility index (Phi) is 2.98. The first-order chi connectivity index (χ1) is 7.15. The van der Waals surface area contributed by atoms with E-state index in [0.29, 0.717) is 16.6 Å². The first-order valence-electron chi connectivity index (χ1n) is 4.90. The maximum Gasteiger partial charge on any atom is 0.163 e. The molecule has 1 aromatic rings. The van der Waals surface area contributed by atoms with Crippen LogP contribution < -0.4 is 5.32 Å². The van der Waals surface area contributed by atoms with Crippen LogP contribution in [-0.4, -0.2) is 12.3 Å². The first-order valence-corrected chi connectivity index (χ1v) is 5.95. The van der Waals surface area contributed by atoms with Gasteiger partial charge in [-0.3, -0.25) is 0 Å². The standard InChI is InChI=1S/C11H13F2NS/c1-6-11(14-2)7-3-4-9(12)10(13)8(7)5-15-6/h3-4,6,11,14H,5H2,1-2H3. The van der Waals surface area contributed by atoms with Crippen LogP contribution in [0.3, 0.4) is 0 Å². The monoisotopic (exact) mass is 229 g/mol. The second-order valence-corrected chi connectivity index (χ2v) is 5.08. The lowest BCUT2D eigenvalue weighted by Crippen LogP contribution is -2.29. The maximum atomic E-state index is 13.5. The van der Waals surface area contributed by atoms with Gasteiger partial charge in [0.2, 0.25) is 0 Å². The van der Waals surface area contributed by atoms with Crippen LogP contribution in [0.15, 0.2) is 12.1 Å². The summed E-state index contributed by atoms with van der Waals surface area (Å²) in [7, 11) is 1.85. The fourth-order valence-corrected chi connectivity index (χ4v) is 3.20. The van der Waals surface area contributed by atoms with Crippen LogP contribution in [0.25, 0.3) is 0 Å². The second-order valence-electron chi connectivity index (χ2n) is 3.71. The molecular formula is C11H13F2NS. The van der Waals surface area contributed by atoms with Gasteiger partial charge in [-0.25, -0.2) is 8.78 Å². The van der Waals surface area contributed by atoms with Crippen molar-refractivity contribution in [3.63, 3.8) is 0 Å². The summed E-state index contributed by atoms with van der Waals surface area (Å²) >= 11 is 1.65. The third-order valence-corrected chi connectivity index (χ3v) is 4.09. The van der Waals surface area contributed by atoms with Crippen molar-refractivity contribution in [1.29, 1.82) is 0 Å². The predicted molar refractivity (Wildman–Crippen MR) is 58.9 cm³/mol. The van der Waals surface area contributed by atoms with Gasteiger partial charge in [-0.1, -0.05) is 13.0 Å². The van der Waals surface area contributed by atoms with E-state index >= 15 is 0 Å². The van der Waals surface area contributed by atoms with Crippen molar-refractivity contribution in [2.45, 2.75) is 24.0 Å². The average Bonchev–Trinajstić information content (AvgIpc) is 2.23. The van der Waals surface area contributed by atoms with E-state index in [9.17, 15) is 8.78 Å². The summed E-state index contributed by atoms with van der Waals surface area (Å²) in [6.45, 7) is 2.09. The average molecular weight is 229 g/mol. The van der Waals surface area contributed by atoms with Crippen LogP contribution in [0.4, 0.5) is 8.78 Å². The minimum Gasteiger partial charge on any atom is -0.312 e. The fourth-order valence-electron chi connectivity index (χ4n) is 2.00. The number of rotatable bonds is 1. The molecule has 0 spiro atoms. The van der Waals surface area contributed by atoms with E-state index in [1.807, 2.05) is 7.05 Å². The van der Waals surface area contributed by atoms with E-state index in [1.54, 1.807) is 17.8 Å². The minimum absolute atomic E-state index is 0.105. The van der Waals surface area contributed by atoms with Crippen molar-refractivity contribution in [3.05, 3.63) is 34.9 Å². The fraction of sp³-hybridized carbons (Fsp3) is 0.455. The molecule has 0 saturated carbocycles. The Bertz CT molecular complexity index is 381. The highest BCUT2D eigenvalue weighted by Crippen LogP contribution is 2.38. The normalized spacial score (nSPS) is 25.1. The lowest BCUT2D eigenvalue weighted by Gasteiger charge is -2.30. The van der Waals surface area contributed by atoms with Gasteiger partial charge >= 0.3 is 0 Å². The summed E-state index contributed by atoms with van der Waals surface area (Å²) in [6.07, 6.45) is 0. The van der Waals surface area contributed by atoms with Crippen LogP contribution in [0.1, 0.15) is 24.1 Å². The van der Waals surface area contributed by atoms with Crippen molar-refractivity contribution in [1.82, 2.24) is 5.32 Å². The molecule has 0 bridgehead atoms. The summed E-state index contributed by atoms with van der Waals surface area (Å²) in [5.41, 5.74) is 1.40.